The first-order chi connectivity index (χ1) is 10.7. The molecular weight excluding hydrogens is 288 g/mol. The average molecular weight is 310 g/mol. The minimum atomic E-state index is 1.10. The lowest BCUT2D eigenvalue weighted by atomic mass is 10.1. The lowest BCUT2D eigenvalue weighted by Gasteiger charge is -2.24. The van der Waals surface area contributed by atoms with E-state index in [1.54, 1.807) is 11.3 Å². The number of benzene rings is 1. The number of thiophene rings is 1. The van der Waals surface area contributed by atoms with Gasteiger partial charge in [0.15, 0.2) is 0 Å². The van der Waals surface area contributed by atoms with Crippen LogP contribution in [0.2, 0.25) is 0 Å². The average Bonchev–Trinajstić information content (AvgIpc) is 3.02. The highest BCUT2D eigenvalue weighted by Gasteiger charge is 2.23. The molecule has 0 radical (unpaired) electrons. The first-order valence-corrected chi connectivity index (χ1v) is 8.87. The summed E-state index contributed by atoms with van der Waals surface area (Å²) in [6.45, 7) is 5.60. The Labute approximate surface area is 136 Å². The van der Waals surface area contributed by atoms with Crippen LogP contribution in [-0.2, 0) is 25.9 Å². The van der Waals surface area contributed by atoms with Crippen molar-refractivity contribution < 1.29 is 0 Å². The van der Waals surface area contributed by atoms with Gasteiger partial charge in [0.1, 0.15) is 4.83 Å². The first kappa shape index (κ1) is 14.0. The Morgan fingerprint density at radius 1 is 1.18 bits per heavy atom. The zero-order valence-corrected chi connectivity index (χ0v) is 14.1. The molecule has 3 heteroatoms. The predicted molar refractivity (Wildman–Crippen MR) is 94.7 cm³/mol. The third-order valence-electron chi connectivity index (χ3n) is 4.71. The van der Waals surface area contributed by atoms with Crippen molar-refractivity contribution in [2.24, 2.45) is 0 Å². The van der Waals surface area contributed by atoms with E-state index in [0.29, 0.717) is 0 Å². The van der Waals surface area contributed by atoms with Crippen LogP contribution in [0, 0.1) is 6.92 Å². The molecule has 1 aromatic carbocycles. The third-order valence-corrected chi connectivity index (χ3v) is 5.78. The molecule has 0 aliphatic carbocycles. The number of aromatic nitrogens is 1. The Morgan fingerprint density at radius 2 is 2.00 bits per heavy atom. The van der Waals surface area contributed by atoms with Crippen molar-refractivity contribution in [2.45, 2.75) is 32.9 Å². The molecule has 3 aromatic rings. The fourth-order valence-corrected chi connectivity index (χ4v) is 4.68. The predicted octanol–water partition coefficient (Wildman–Crippen LogP) is 4.24. The number of hydrogen-bond acceptors (Lipinski definition) is 2. The molecular formula is C19H22N2S. The Hall–Kier alpha value is -1.58. The van der Waals surface area contributed by atoms with Gasteiger partial charge in [0.05, 0.1) is 0 Å². The summed E-state index contributed by atoms with van der Waals surface area (Å²) in [5.41, 5.74) is 4.58. The number of aryl methyl sites for hydroxylation is 3. The van der Waals surface area contributed by atoms with Gasteiger partial charge in [-0.3, -0.25) is 0 Å². The van der Waals surface area contributed by atoms with Crippen molar-refractivity contribution in [3.63, 3.8) is 0 Å². The molecule has 0 fully saturated rings. The molecule has 22 heavy (non-hydrogen) atoms. The van der Waals surface area contributed by atoms with Crippen LogP contribution in [0.1, 0.15) is 21.7 Å². The SMILES string of the molecule is Cc1cc2c3c(n(CCc4ccccc4)c2s1)CCN(C)C3. The summed E-state index contributed by atoms with van der Waals surface area (Å²) >= 11 is 1.95. The van der Waals surface area contributed by atoms with Crippen molar-refractivity contribution >= 4 is 21.6 Å². The van der Waals surface area contributed by atoms with E-state index in [9.17, 15) is 0 Å². The van der Waals surface area contributed by atoms with Gasteiger partial charge in [-0.05, 0) is 37.6 Å². The fraction of sp³-hybridized carbons (Fsp3) is 0.368. The fourth-order valence-electron chi connectivity index (χ4n) is 3.59. The zero-order chi connectivity index (χ0) is 15.1. The summed E-state index contributed by atoms with van der Waals surface area (Å²) in [5.74, 6) is 0. The molecule has 4 rings (SSSR count). The third kappa shape index (κ3) is 2.38. The number of fused-ring (bicyclic) bond motifs is 3. The molecule has 0 saturated heterocycles. The van der Waals surface area contributed by atoms with Gasteiger partial charge in [0.2, 0.25) is 0 Å². The monoisotopic (exact) mass is 310 g/mol. The van der Waals surface area contributed by atoms with E-state index in [4.69, 9.17) is 0 Å². The van der Waals surface area contributed by atoms with Gasteiger partial charge >= 0.3 is 0 Å². The van der Waals surface area contributed by atoms with E-state index in [0.717, 1.165) is 19.5 Å². The topological polar surface area (TPSA) is 8.17 Å². The minimum absolute atomic E-state index is 1.10. The van der Waals surface area contributed by atoms with Crippen molar-refractivity contribution in [1.29, 1.82) is 0 Å². The minimum Gasteiger partial charge on any atom is -0.336 e. The van der Waals surface area contributed by atoms with Crippen molar-refractivity contribution in [3.8, 4) is 0 Å². The van der Waals surface area contributed by atoms with Gasteiger partial charge < -0.3 is 9.47 Å². The van der Waals surface area contributed by atoms with Crippen LogP contribution >= 0.6 is 11.3 Å². The highest BCUT2D eigenvalue weighted by atomic mass is 32.1. The van der Waals surface area contributed by atoms with E-state index in [1.807, 2.05) is 11.3 Å². The van der Waals surface area contributed by atoms with Gasteiger partial charge in [-0.25, -0.2) is 0 Å². The van der Waals surface area contributed by atoms with Gasteiger partial charge in [-0.1, -0.05) is 30.3 Å². The molecule has 2 nitrogen and oxygen atoms in total. The summed E-state index contributed by atoms with van der Waals surface area (Å²) in [6, 6.07) is 13.2. The smallest absolute Gasteiger partial charge is 0.103 e. The number of hydrogen-bond donors (Lipinski definition) is 0. The molecule has 0 atom stereocenters. The molecule has 114 valence electrons. The van der Waals surface area contributed by atoms with Gasteiger partial charge in [-0.15, -0.1) is 11.3 Å². The maximum absolute atomic E-state index is 2.60. The van der Waals surface area contributed by atoms with E-state index in [-0.39, 0.29) is 0 Å². The maximum Gasteiger partial charge on any atom is 0.103 e. The van der Waals surface area contributed by atoms with Crippen LogP contribution in [0.4, 0.5) is 0 Å². The van der Waals surface area contributed by atoms with Crippen molar-refractivity contribution in [1.82, 2.24) is 9.47 Å². The molecule has 0 amide bonds. The molecule has 0 spiro atoms. The highest BCUT2D eigenvalue weighted by molar-refractivity contribution is 7.18. The normalized spacial score (nSPS) is 15.4. The maximum atomic E-state index is 2.60. The van der Waals surface area contributed by atoms with Crippen LogP contribution in [0.25, 0.3) is 10.2 Å². The first-order valence-electron chi connectivity index (χ1n) is 8.05. The lowest BCUT2D eigenvalue weighted by molar-refractivity contribution is 0.309. The van der Waals surface area contributed by atoms with E-state index >= 15 is 0 Å². The Morgan fingerprint density at radius 3 is 2.82 bits per heavy atom. The lowest BCUT2D eigenvalue weighted by Crippen LogP contribution is -2.27. The number of nitrogens with zero attached hydrogens (tertiary/aromatic N) is 2. The summed E-state index contributed by atoms with van der Waals surface area (Å²) in [6.07, 6.45) is 2.30. The van der Waals surface area contributed by atoms with Crippen molar-refractivity contribution in [2.75, 3.05) is 13.6 Å². The Kier molecular flexibility index (Phi) is 3.55. The Balaban J connectivity index is 1.73. The second-order valence-corrected chi connectivity index (χ2v) is 7.61. The number of rotatable bonds is 3. The molecule has 0 unspecified atom stereocenters. The van der Waals surface area contributed by atoms with Crippen LogP contribution in [0.15, 0.2) is 36.4 Å². The van der Waals surface area contributed by atoms with Crippen LogP contribution < -0.4 is 0 Å². The number of likely N-dealkylation sites (N-methyl/N-ethyl adjacent to an activating group) is 1. The molecule has 0 N–H and O–H groups in total. The quantitative estimate of drug-likeness (QED) is 0.702. The summed E-state index contributed by atoms with van der Waals surface area (Å²) < 4.78 is 2.60. The molecule has 1 aliphatic heterocycles. The standard InChI is InChI=1S/C19H22N2S/c1-14-12-16-17-13-20(2)10-9-18(17)21(19(16)22-14)11-8-15-6-4-3-5-7-15/h3-7,12H,8-11,13H2,1-2H3. The van der Waals surface area contributed by atoms with Crippen molar-refractivity contribution in [3.05, 3.63) is 58.1 Å². The molecule has 2 aromatic heterocycles. The van der Waals surface area contributed by atoms with Crippen LogP contribution in [0.5, 0.6) is 0 Å². The highest BCUT2D eigenvalue weighted by Crippen LogP contribution is 2.36. The molecule has 0 saturated carbocycles. The summed E-state index contributed by atoms with van der Waals surface area (Å²) in [7, 11) is 2.23. The second-order valence-electron chi connectivity index (χ2n) is 6.38. The van der Waals surface area contributed by atoms with Crippen LogP contribution in [0.3, 0.4) is 0 Å². The molecule has 3 heterocycles. The summed E-state index contributed by atoms with van der Waals surface area (Å²) in [4.78, 5) is 5.35. The van der Waals surface area contributed by atoms with E-state index in [2.05, 4.69) is 59.8 Å². The second kappa shape index (κ2) is 5.56. The van der Waals surface area contributed by atoms with Gasteiger partial charge in [0.25, 0.3) is 0 Å². The molecule has 0 bridgehead atoms. The van der Waals surface area contributed by atoms with Gasteiger partial charge in [-0.2, -0.15) is 0 Å². The Bertz CT molecular complexity index is 798. The summed E-state index contributed by atoms with van der Waals surface area (Å²) in [5, 5.41) is 1.50. The van der Waals surface area contributed by atoms with Crippen LogP contribution in [-0.4, -0.2) is 23.1 Å². The van der Waals surface area contributed by atoms with E-state index < -0.39 is 0 Å². The van der Waals surface area contributed by atoms with E-state index in [1.165, 1.54) is 33.6 Å². The van der Waals surface area contributed by atoms with Gasteiger partial charge in [0, 0.05) is 42.0 Å². The zero-order valence-electron chi connectivity index (χ0n) is 13.3. The largest absolute Gasteiger partial charge is 0.336 e. The molecule has 1 aliphatic rings.